The average molecular weight is 315 g/mol. The third-order valence-corrected chi connectivity index (χ3v) is 5.78. The van der Waals surface area contributed by atoms with E-state index in [2.05, 4.69) is 26.1 Å². The topological polar surface area (TPSA) is 66.4 Å². The van der Waals surface area contributed by atoms with Gasteiger partial charge >= 0.3 is 5.97 Å². The van der Waals surface area contributed by atoms with Crippen LogP contribution >= 0.6 is 0 Å². The third-order valence-electron chi connectivity index (χ3n) is 5.78. The number of nitrogens with one attached hydrogen (secondary N) is 1. The molecule has 1 aliphatic heterocycles. The standard InChI is InChI=1S/C19H25NO3/c1-18(2,3)12-8-10-19(11-9-12)15(17(22)23)13-6-4-5-7-14(13)16(21)20-19/h4-7,12,15H,8-11H2,1-3H3,(H,20,21)(H,22,23). The highest BCUT2D eigenvalue weighted by molar-refractivity contribution is 6.00. The minimum atomic E-state index is -0.841. The molecule has 1 spiro atoms. The zero-order valence-corrected chi connectivity index (χ0v) is 14.1. The van der Waals surface area contributed by atoms with Crippen molar-refractivity contribution < 1.29 is 14.7 Å². The fourth-order valence-corrected chi connectivity index (χ4v) is 4.40. The molecule has 1 aromatic rings. The number of carbonyl (C=O) groups excluding carboxylic acids is 1. The second-order valence-electron chi connectivity index (χ2n) is 8.11. The number of fused-ring (bicyclic) bond motifs is 1. The Hall–Kier alpha value is -1.84. The van der Waals surface area contributed by atoms with Gasteiger partial charge in [-0.15, -0.1) is 0 Å². The van der Waals surface area contributed by atoms with Crippen LogP contribution in [0.25, 0.3) is 0 Å². The van der Waals surface area contributed by atoms with Crippen LogP contribution in [0.4, 0.5) is 0 Å². The van der Waals surface area contributed by atoms with E-state index in [0.717, 1.165) is 25.7 Å². The summed E-state index contributed by atoms with van der Waals surface area (Å²) in [4.78, 5) is 24.5. The van der Waals surface area contributed by atoms with Crippen LogP contribution in [0.15, 0.2) is 24.3 Å². The second-order valence-corrected chi connectivity index (χ2v) is 8.11. The number of carboxylic acids is 1. The summed E-state index contributed by atoms with van der Waals surface area (Å²) in [6, 6.07) is 7.12. The van der Waals surface area contributed by atoms with Gasteiger partial charge in [0.15, 0.2) is 0 Å². The predicted molar refractivity (Wildman–Crippen MR) is 88.4 cm³/mol. The molecule has 1 unspecified atom stereocenters. The molecule has 3 rings (SSSR count). The summed E-state index contributed by atoms with van der Waals surface area (Å²) in [7, 11) is 0. The lowest BCUT2D eigenvalue weighted by molar-refractivity contribution is -0.141. The highest BCUT2D eigenvalue weighted by Crippen LogP contribution is 2.48. The Bertz CT molecular complexity index is 636. The Morgan fingerprint density at radius 2 is 1.83 bits per heavy atom. The molecule has 1 fully saturated rings. The van der Waals surface area contributed by atoms with Gasteiger partial charge in [0, 0.05) is 5.56 Å². The number of carboxylic acid groups (broad SMARTS) is 1. The van der Waals surface area contributed by atoms with Gasteiger partial charge in [0.05, 0.1) is 5.54 Å². The highest BCUT2D eigenvalue weighted by Gasteiger charge is 2.52. The number of rotatable bonds is 1. The molecular weight excluding hydrogens is 290 g/mol. The van der Waals surface area contributed by atoms with Gasteiger partial charge in [0.1, 0.15) is 5.92 Å². The number of hydrogen-bond donors (Lipinski definition) is 2. The van der Waals surface area contributed by atoms with E-state index < -0.39 is 17.4 Å². The quantitative estimate of drug-likeness (QED) is 0.832. The number of amides is 1. The second kappa shape index (κ2) is 5.36. The summed E-state index contributed by atoms with van der Waals surface area (Å²) in [6.45, 7) is 6.71. The molecular formula is C19H25NO3. The van der Waals surface area contributed by atoms with Crippen LogP contribution in [0.3, 0.4) is 0 Å². The summed E-state index contributed by atoms with van der Waals surface area (Å²) in [5, 5.41) is 12.9. The lowest BCUT2D eigenvalue weighted by atomic mass is 9.61. The fraction of sp³-hybridized carbons (Fsp3) is 0.579. The Morgan fingerprint density at radius 3 is 2.39 bits per heavy atom. The molecule has 23 heavy (non-hydrogen) atoms. The molecule has 1 saturated carbocycles. The van der Waals surface area contributed by atoms with E-state index in [9.17, 15) is 14.7 Å². The normalized spacial score (nSPS) is 30.7. The molecule has 0 bridgehead atoms. The van der Waals surface area contributed by atoms with Gasteiger partial charge in [0.25, 0.3) is 5.91 Å². The number of benzene rings is 1. The molecule has 0 aromatic heterocycles. The van der Waals surface area contributed by atoms with Crippen LogP contribution in [-0.4, -0.2) is 22.5 Å². The first kappa shape index (κ1) is 16.0. The SMILES string of the molecule is CC(C)(C)C1CCC2(CC1)NC(=O)c1ccccc1C2C(=O)O. The number of carbonyl (C=O) groups is 2. The maximum absolute atomic E-state index is 12.5. The summed E-state index contributed by atoms with van der Waals surface area (Å²) < 4.78 is 0. The van der Waals surface area contributed by atoms with Gasteiger partial charge in [-0.2, -0.15) is 0 Å². The van der Waals surface area contributed by atoms with Crippen molar-refractivity contribution in [3.05, 3.63) is 35.4 Å². The summed E-state index contributed by atoms with van der Waals surface area (Å²) in [5.41, 5.74) is 0.747. The largest absolute Gasteiger partial charge is 0.481 e. The number of hydrogen-bond acceptors (Lipinski definition) is 2. The van der Waals surface area contributed by atoms with Crippen molar-refractivity contribution >= 4 is 11.9 Å². The zero-order chi connectivity index (χ0) is 16.8. The van der Waals surface area contributed by atoms with Crippen LogP contribution in [-0.2, 0) is 4.79 Å². The van der Waals surface area contributed by atoms with Crippen molar-refractivity contribution in [1.82, 2.24) is 5.32 Å². The van der Waals surface area contributed by atoms with E-state index in [-0.39, 0.29) is 11.3 Å². The molecule has 1 amide bonds. The van der Waals surface area contributed by atoms with Crippen LogP contribution in [0.2, 0.25) is 0 Å². The molecule has 2 N–H and O–H groups in total. The minimum Gasteiger partial charge on any atom is -0.481 e. The monoisotopic (exact) mass is 315 g/mol. The smallest absolute Gasteiger partial charge is 0.313 e. The van der Waals surface area contributed by atoms with Crippen molar-refractivity contribution in [3.63, 3.8) is 0 Å². The van der Waals surface area contributed by atoms with Crippen molar-refractivity contribution in [3.8, 4) is 0 Å². The maximum atomic E-state index is 12.5. The van der Waals surface area contributed by atoms with Gasteiger partial charge in [0.2, 0.25) is 0 Å². The van der Waals surface area contributed by atoms with Crippen LogP contribution < -0.4 is 5.32 Å². The van der Waals surface area contributed by atoms with E-state index in [4.69, 9.17) is 0 Å². The maximum Gasteiger partial charge on any atom is 0.313 e. The molecule has 1 aliphatic carbocycles. The first-order chi connectivity index (χ1) is 10.7. The Labute approximate surface area is 137 Å². The van der Waals surface area contributed by atoms with E-state index >= 15 is 0 Å². The van der Waals surface area contributed by atoms with Crippen LogP contribution in [0.5, 0.6) is 0 Å². The molecule has 124 valence electrons. The highest BCUT2D eigenvalue weighted by atomic mass is 16.4. The fourth-order valence-electron chi connectivity index (χ4n) is 4.40. The first-order valence-corrected chi connectivity index (χ1v) is 8.39. The van der Waals surface area contributed by atoms with Crippen molar-refractivity contribution in [2.75, 3.05) is 0 Å². The first-order valence-electron chi connectivity index (χ1n) is 8.39. The minimum absolute atomic E-state index is 0.132. The lowest BCUT2D eigenvalue weighted by Crippen LogP contribution is -2.60. The molecule has 0 saturated heterocycles. The molecule has 1 aromatic carbocycles. The van der Waals surface area contributed by atoms with Gasteiger partial charge in [-0.05, 0) is 48.6 Å². The van der Waals surface area contributed by atoms with Gasteiger partial charge < -0.3 is 10.4 Å². The van der Waals surface area contributed by atoms with Gasteiger partial charge in [-0.3, -0.25) is 9.59 Å². The third kappa shape index (κ3) is 2.64. The molecule has 4 nitrogen and oxygen atoms in total. The van der Waals surface area contributed by atoms with E-state index in [1.807, 2.05) is 6.07 Å². The lowest BCUT2D eigenvalue weighted by Gasteiger charge is -2.49. The van der Waals surface area contributed by atoms with E-state index in [1.54, 1.807) is 18.2 Å². The van der Waals surface area contributed by atoms with Crippen molar-refractivity contribution in [2.45, 2.75) is 57.9 Å². The van der Waals surface area contributed by atoms with Crippen molar-refractivity contribution in [2.24, 2.45) is 11.3 Å². The molecule has 1 atom stereocenters. The van der Waals surface area contributed by atoms with Crippen LogP contribution in [0, 0.1) is 11.3 Å². The molecule has 1 heterocycles. The molecule has 0 radical (unpaired) electrons. The zero-order valence-electron chi connectivity index (χ0n) is 14.1. The summed E-state index contributed by atoms with van der Waals surface area (Å²) in [6.07, 6.45) is 3.36. The van der Waals surface area contributed by atoms with Crippen molar-refractivity contribution in [1.29, 1.82) is 0 Å². The van der Waals surface area contributed by atoms with Gasteiger partial charge in [-0.25, -0.2) is 0 Å². The predicted octanol–water partition coefficient (Wildman–Crippen LogP) is 3.57. The Kier molecular flexibility index (Phi) is 3.74. The molecule has 4 heteroatoms. The Morgan fingerprint density at radius 1 is 1.22 bits per heavy atom. The molecule has 2 aliphatic rings. The Balaban J connectivity index is 1.97. The van der Waals surface area contributed by atoms with Gasteiger partial charge in [-0.1, -0.05) is 39.0 Å². The van der Waals surface area contributed by atoms with E-state index in [0.29, 0.717) is 17.0 Å². The summed E-state index contributed by atoms with van der Waals surface area (Å²) >= 11 is 0. The summed E-state index contributed by atoms with van der Waals surface area (Å²) in [5.74, 6) is -1.06. The average Bonchev–Trinajstić information content (AvgIpc) is 2.46. The van der Waals surface area contributed by atoms with E-state index in [1.165, 1.54) is 0 Å². The van der Waals surface area contributed by atoms with Crippen LogP contribution in [0.1, 0.15) is 68.3 Å². The number of aliphatic carboxylic acids is 1.